The lowest BCUT2D eigenvalue weighted by Gasteiger charge is -2.30. The van der Waals surface area contributed by atoms with E-state index in [2.05, 4.69) is 62.8 Å². The summed E-state index contributed by atoms with van der Waals surface area (Å²) in [6.45, 7) is 5.76. The number of para-hydroxylation sites is 1. The van der Waals surface area contributed by atoms with E-state index in [9.17, 15) is 63.3 Å². The van der Waals surface area contributed by atoms with Crippen LogP contribution in [0.25, 0.3) is 10.9 Å². The lowest BCUT2D eigenvalue weighted by Crippen LogP contribution is -2.61. The first-order chi connectivity index (χ1) is 42.8. The molecule has 484 valence electrons. The molecule has 0 saturated carbocycles. The number of phenolic OH excluding ortho intramolecular Hbond substituents is 1. The van der Waals surface area contributed by atoms with Gasteiger partial charge in [-0.25, -0.2) is 4.68 Å². The van der Waals surface area contributed by atoms with Gasteiger partial charge in [0.05, 0.1) is 31.4 Å². The maximum atomic E-state index is 14.4. The number of phenols is 1. The summed E-state index contributed by atoms with van der Waals surface area (Å²) < 4.78 is 1.29. The standard InChI is InChI=1S/C60H81N17O13/c1-32(2)22-49(57(88)69-43(16-11-21-65-60(63)64-5)54(85)70-44(52(62)83)25-37-28-66-42-15-10-9-14-41(37)42)77-30-38(74-75-77)29-67-53(84)45(23-35-12-7-6-8-13-35)72-58(89)51(33(3)78)73-55(86)46(27-50(61)82)71-56(87)48-26-40(81)31-76(48)59(90)47(68-34(4)79)24-36-17-19-39(80)20-18-36/h6-10,12-15,17-20,28,30,32-33,40,43-49,51,66,78,80-81H,11,16,21-27,29,31H2,1-5H3,(H2,61,82)(H2,62,83)(H,67,84)(H,68,79)(H,69,88)(H,70,85)(H,71,87)(H,72,89)(H,73,86)(H3,63,64,65). The van der Waals surface area contributed by atoms with Crippen LogP contribution in [-0.2, 0) is 73.8 Å². The van der Waals surface area contributed by atoms with Crippen LogP contribution in [0, 0.1) is 5.92 Å². The van der Waals surface area contributed by atoms with Gasteiger partial charge in [-0.1, -0.05) is 79.7 Å². The van der Waals surface area contributed by atoms with Crippen molar-refractivity contribution in [1.29, 1.82) is 0 Å². The summed E-state index contributed by atoms with van der Waals surface area (Å²) in [5.41, 5.74) is 20.0. The number of amides is 10. The maximum Gasteiger partial charge on any atom is 0.246 e. The monoisotopic (exact) mass is 1250 g/mol. The molecule has 1 fully saturated rings. The van der Waals surface area contributed by atoms with E-state index in [1.165, 1.54) is 56.0 Å². The number of hydrogen-bond acceptors (Lipinski definition) is 16. The molecule has 3 heterocycles. The molecule has 10 atom stereocenters. The number of rotatable bonds is 32. The largest absolute Gasteiger partial charge is 0.508 e. The molecule has 10 amide bonds. The molecule has 30 heteroatoms. The summed E-state index contributed by atoms with van der Waals surface area (Å²) in [6.07, 6.45) is -0.346. The highest BCUT2D eigenvalue weighted by molar-refractivity contribution is 5.99. The fourth-order valence-electron chi connectivity index (χ4n) is 10.3. The number of benzene rings is 3. The van der Waals surface area contributed by atoms with Crippen molar-refractivity contribution < 1.29 is 63.3 Å². The molecule has 1 aliphatic heterocycles. The molecular weight excluding hydrogens is 1170 g/mol. The van der Waals surface area contributed by atoms with E-state index in [0.717, 1.165) is 21.4 Å². The number of aliphatic imine (C=N–C) groups is 1. The lowest BCUT2D eigenvalue weighted by molar-refractivity contribution is -0.142. The zero-order chi connectivity index (χ0) is 65.8. The number of likely N-dealkylation sites (tertiary alicyclic amines) is 1. The van der Waals surface area contributed by atoms with Gasteiger partial charge in [0.15, 0.2) is 5.96 Å². The van der Waals surface area contributed by atoms with Crippen LogP contribution in [0.1, 0.15) is 88.2 Å². The van der Waals surface area contributed by atoms with Crippen LogP contribution < -0.4 is 59.7 Å². The van der Waals surface area contributed by atoms with Crippen LogP contribution in [-0.4, -0.2) is 180 Å². The van der Waals surface area contributed by atoms with Gasteiger partial charge in [-0.3, -0.25) is 52.9 Å². The quantitative estimate of drug-likeness (QED) is 0.0119. The Bertz CT molecular complexity index is 3350. The topological polar surface area (TPSA) is 468 Å². The molecule has 5 aromatic rings. The third-order valence-corrected chi connectivity index (χ3v) is 14.9. The molecule has 90 heavy (non-hydrogen) atoms. The van der Waals surface area contributed by atoms with Crippen LogP contribution in [0.4, 0.5) is 0 Å². The second-order valence-corrected chi connectivity index (χ2v) is 22.5. The first-order valence-electron chi connectivity index (χ1n) is 29.3. The summed E-state index contributed by atoms with van der Waals surface area (Å²) in [5, 5.41) is 61.8. The number of aliphatic hydroxyl groups excluding tert-OH is 2. The van der Waals surface area contributed by atoms with Gasteiger partial charge in [-0.05, 0) is 67.0 Å². The smallest absolute Gasteiger partial charge is 0.246 e. The third-order valence-electron chi connectivity index (χ3n) is 14.9. The van der Waals surface area contributed by atoms with Crippen LogP contribution in [0.2, 0.25) is 0 Å². The van der Waals surface area contributed by atoms with Crippen molar-refractivity contribution in [3.8, 4) is 5.75 Å². The average molecular weight is 1250 g/mol. The van der Waals surface area contributed by atoms with Crippen molar-refractivity contribution in [3.63, 3.8) is 0 Å². The Balaban J connectivity index is 1.14. The molecule has 30 nitrogen and oxygen atoms in total. The van der Waals surface area contributed by atoms with Gasteiger partial charge in [0.1, 0.15) is 59.8 Å². The number of nitrogens with zero attached hydrogens (tertiary/aromatic N) is 5. The molecule has 2 aromatic heterocycles. The van der Waals surface area contributed by atoms with Crippen LogP contribution in [0.5, 0.6) is 5.75 Å². The summed E-state index contributed by atoms with van der Waals surface area (Å²) in [5.74, 6) is -8.46. The number of primary amides is 2. The molecule has 18 N–H and O–H groups in total. The second-order valence-electron chi connectivity index (χ2n) is 22.5. The molecule has 0 aliphatic carbocycles. The summed E-state index contributed by atoms with van der Waals surface area (Å²) >= 11 is 0. The van der Waals surface area contributed by atoms with Gasteiger partial charge in [-0.2, -0.15) is 0 Å². The van der Waals surface area contributed by atoms with Gasteiger partial charge < -0.3 is 84.9 Å². The molecule has 0 bridgehead atoms. The first-order valence-corrected chi connectivity index (χ1v) is 29.3. The van der Waals surface area contributed by atoms with Crippen molar-refractivity contribution in [2.45, 2.75) is 146 Å². The molecule has 1 saturated heterocycles. The number of guanidine groups is 1. The van der Waals surface area contributed by atoms with Gasteiger partial charge >= 0.3 is 0 Å². The molecule has 0 radical (unpaired) electrons. The van der Waals surface area contributed by atoms with E-state index in [4.69, 9.17) is 17.2 Å². The average Bonchev–Trinajstić information content (AvgIpc) is 1.87. The van der Waals surface area contributed by atoms with E-state index < -0.39 is 126 Å². The van der Waals surface area contributed by atoms with Crippen molar-refractivity contribution >= 4 is 75.9 Å². The van der Waals surface area contributed by atoms with Crippen LogP contribution in [0.15, 0.2) is 96.2 Å². The number of fused-ring (bicyclic) bond motifs is 1. The molecular formula is C60H81N17O13. The predicted molar refractivity (Wildman–Crippen MR) is 327 cm³/mol. The zero-order valence-electron chi connectivity index (χ0n) is 50.7. The highest BCUT2D eigenvalue weighted by atomic mass is 16.3. The van der Waals surface area contributed by atoms with E-state index >= 15 is 0 Å². The minimum atomic E-state index is -1.82. The minimum absolute atomic E-state index is 0.0394. The maximum absolute atomic E-state index is 14.4. The first kappa shape index (κ1) is 69.1. The van der Waals surface area contributed by atoms with E-state index in [1.807, 2.05) is 38.1 Å². The molecule has 3 aromatic carbocycles. The lowest BCUT2D eigenvalue weighted by atomic mass is 10.0. The zero-order valence-corrected chi connectivity index (χ0v) is 50.7. The van der Waals surface area contributed by atoms with Crippen molar-refractivity contribution in [3.05, 3.63) is 114 Å². The fraction of sp³-hybridized carbons (Fsp3) is 0.450. The summed E-state index contributed by atoms with van der Waals surface area (Å²) in [6, 6.07) is 10.8. The number of aromatic amines is 1. The number of H-pyrrole nitrogens is 1. The van der Waals surface area contributed by atoms with Gasteiger partial charge in [0.2, 0.25) is 59.1 Å². The van der Waals surface area contributed by atoms with Crippen molar-refractivity contribution in [2.24, 2.45) is 28.1 Å². The van der Waals surface area contributed by atoms with Gasteiger partial charge in [0, 0.05) is 69.8 Å². The van der Waals surface area contributed by atoms with Crippen molar-refractivity contribution in [1.82, 2.24) is 67.4 Å². The fourth-order valence-corrected chi connectivity index (χ4v) is 10.3. The Hall–Kier alpha value is -9.97. The number of aliphatic hydroxyl groups is 2. The number of carbonyl (C=O) groups is 10. The summed E-state index contributed by atoms with van der Waals surface area (Å²) in [7, 11) is 1.50. The Labute approximate surface area is 518 Å². The second kappa shape index (κ2) is 32.8. The molecule has 6 rings (SSSR count). The Morgan fingerprint density at radius 1 is 0.722 bits per heavy atom. The normalized spacial score (nSPS) is 16.7. The third kappa shape index (κ3) is 20.3. The Morgan fingerprint density at radius 3 is 2.02 bits per heavy atom. The minimum Gasteiger partial charge on any atom is -0.508 e. The number of aromatic nitrogens is 4. The van der Waals surface area contributed by atoms with E-state index in [-0.39, 0.29) is 81.5 Å². The number of aromatic hydroxyl groups is 1. The highest BCUT2D eigenvalue weighted by Gasteiger charge is 2.43. The molecule has 10 unspecified atom stereocenters. The number of nitrogens with one attached hydrogen (secondary N) is 9. The molecule has 1 aliphatic rings. The SMILES string of the molecule is CN=C(N)NCCCC(NC(=O)C(CC(C)C)n1cc(CNC(=O)C(Cc2ccccc2)NC(=O)C(NC(=O)C(CC(N)=O)NC(=O)C2CC(O)CN2C(=O)C(Cc2ccc(O)cc2)NC(C)=O)C(C)O)nn1)C(=O)NC(Cc1c[nH]c2ccccc12)C(N)=O. The number of carbonyl (C=O) groups excluding carboxylic acids is 10. The van der Waals surface area contributed by atoms with Crippen molar-refractivity contribution in [2.75, 3.05) is 20.1 Å². The van der Waals surface area contributed by atoms with Crippen LogP contribution in [0.3, 0.4) is 0 Å². The number of nitrogens with two attached hydrogens (primary N) is 3. The highest BCUT2D eigenvalue weighted by Crippen LogP contribution is 2.24. The number of hydrogen-bond donors (Lipinski definition) is 15. The van der Waals surface area contributed by atoms with E-state index in [1.54, 1.807) is 36.5 Å². The van der Waals surface area contributed by atoms with Crippen LogP contribution >= 0.6 is 0 Å². The van der Waals surface area contributed by atoms with E-state index in [0.29, 0.717) is 17.5 Å². The number of β-amino-alcohol motifs (C(OH)–C–C–N with tert-alkyl or cyclic N) is 1. The molecule has 0 spiro atoms. The van der Waals surface area contributed by atoms with Gasteiger partial charge in [0.25, 0.3) is 0 Å². The Morgan fingerprint density at radius 2 is 1.37 bits per heavy atom. The predicted octanol–water partition coefficient (Wildman–Crippen LogP) is -2.66. The Kier molecular flexibility index (Phi) is 25.2. The summed E-state index contributed by atoms with van der Waals surface area (Å²) in [4.78, 5) is 144. The van der Waals surface area contributed by atoms with Gasteiger partial charge in [-0.15, -0.1) is 5.10 Å².